The van der Waals surface area contributed by atoms with Crippen LogP contribution in [0, 0.1) is 0 Å². The van der Waals surface area contributed by atoms with Gasteiger partial charge in [-0.05, 0) is 43.4 Å². The first kappa shape index (κ1) is 13.1. The lowest BCUT2D eigenvalue weighted by Gasteiger charge is -2.11. The predicted molar refractivity (Wildman–Crippen MR) is 71.7 cm³/mol. The Balaban J connectivity index is 1.58. The van der Waals surface area contributed by atoms with E-state index in [9.17, 15) is 4.79 Å². The molecule has 2 rings (SSSR count). The highest BCUT2D eigenvalue weighted by molar-refractivity contribution is 5.66. The largest absolute Gasteiger partial charge is 0.481 e. The lowest BCUT2D eigenvalue weighted by Crippen LogP contribution is -2.30. The van der Waals surface area contributed by atoms with E-state index >= 15 is 0 Å². The van der Waals surface area contributed by atoms with Gasteiger partial charge in [0.05, 0.1) is 0 Å². The molecule has 1 aliphatic carbocycles. The Morgan fingerprint density at radius 1 is 1.17 bits per heavy atom. The van der Waals surface area contributed by atoms with Gasteiger partial charge in [0.1, 0.15) is 0 Å². The van der Waals surface area contributed by atoms with Crippen molar-refractivity contribution in [2.45, 2.75) is 44.6 Å². The molecule has 0 atom stereocenters. The summed E-state index contributed by atoms with van der Waals surface area (Å²) in [6, 6.07) is 9.20. The number of aliphatic carboxylic acids is 1. The average molecular weight is 247 g/mol. The zero-order valence-electron chi connectivity index (χ0n) is 10.7. The zero-order valence-corrected chi connectivity index (χ0v) is 10.7. The zero-order chi connectivity index (χ0) is 12.8. The third-order valence-electron chi connectivity index (χ3n) is 3.55. The quantitative estimate of drug-likeness (QED) is 0.727. The van der Waals surface area contributed by atoms with Crippen molar-refractivity contribution in [3.8, 4) is 0 Å². The molecule has 0 aromatic heterocycles. The monoisotopic (exact) mass is 247 g/mol. The number of nitrogens with one attached hydrogen (secondary N) is 1. The van der Waals surface area contributed by atoms with Crippen molar-refractivity contribution in [2.24, 2.45) is 0 Å². The van der Waals surface area contributed by atoms with Crippen molar-refractivity contribution in [3.63, 3.8) is 0 Å². The van der Waals surface area contributed by atoms with Gasteiger partial charge in [-0.2, -0.15) is 0 Å². The Morgan fingerprint density at radius 3 is 2.44 bits per heavy atom. The Morgan fingerprint density at radius 2 is 1.83 bits per heavy atom. The highest BCUT2D eigenvalue weighted by Crippen LogP contribution is 2.21. The van der Waals surface area contributed by atoms with Crippen LogP contribution >= 0.6 is 0 Å². The molecule has 1 aliphatic rings. The van der Waals surface area contributed by atoms with Crippen LogP contribution in [0.4, 0.5) is 0 Å². The number of carboxylic acid groups (broad SMARTS) is 1. The van der Waals surface area contributed by atoms with Gasteiger partial charge >= 0.3 is 5.97 Å². The van der Waals surface area contributed by atoms with E-state index < -0.39 is 5.97 Å². The summed E-state index contributed by atoms with van der Waals surface area (Å²) in [6.07, 6.45) is 5.42. The molecule has 0 amide bonds. The van der Waals surface area contributed by atoms with Crippen molar-refractivity contribution >= 4 is 5.97 Å². The third-order valence-corrected chi connectivity index (χ3v) is 3.55. The van der Waals surface area contributed by atoms with Gasteiger partial charge in [0.2, 0.25) is 0 Å². The summed E-state index contributed by atoms with van der Waals surface area (Å²) in [5, 5.41) is 12.1. The van der Waals surface area contributed by atoms with Gasteiger partial charge in [-0.15, -0.1) is 0 Å². The van der Waals surface area contributed by atoms with Crippen molar-refractivity contribution in [2.75, 3.05) is 6.54 Å². The van der Waals surface area contributed by atoms with Gasteiger partial charge in [-0.25, -0.2) is 0 Å². The maximum Gasteiger partial charge on any atom is 0.303 e. The number of carboxylic acids is 1. The minimum atomic E-state index is -0.686. The summed E-state index contributed by atoms with van der Waals surface area (Å²) < 4.78 is 0. The van der Waals surface area contributed by atoms with E-state index in [0.717, 1.165) is 38.6 Å². The molecular formula is C15H21NO2. The molecule has 2 N–H and O–H groups in total. The predicted octanol–water partition coefficient (Wildman–Crippen LogP) is 2.39. The van der Waals surface area contributed by atoms with Gasteiger partial charge < -0.3 is 10.4 Å². The van der Waals surface area contributed by atoms with E-state index in [1.807, 2.05) is 0 Å². The summed E-state index contributed by atoms with van der Waals surface area (Å²) in [6.45, 7) is 0.998. The Labute approximate surface area is 108 Å². The molecule has 0 heterocycles. The molecule has 0 aliphatic heterocycles. The number of fused-ring (bicyclic) bond motifs is 1. The van der Waals surface area contributed by atoms with Gasteiger partial charge in [-0.1, -0.05) is 30.7 Å². The van der Waals surface area contributed by atoms with E-state index in [1.165, 1.54) is 11.1 Å². The SMILES string of the molecule is O=C(O)CCCCCNC1Cc2ccccc2C1. The van der Waals surface area contributed by atoms with Crippen LogP contribution in [0.5, 0.6) is 0 Å². The molecule has 3 heteroatoms. The molecule has 98 valence electrons. The Hall–Kier alpha value is -1.35. The molecule has 3 nitrogen and oxygen atoms in total. The lowest BCUT2D eigenvalue weighted by atomic mass is 10.1. The van der Waals surface area contributed by atoms with Crippen LogP contribution in [0.1, 0.15) is 36.8 Å². The molecule has 1 aromatic rings. The standard InChI is InChI=1S/C15H21NO2/c17-15(18)8-2-1-5-9-16-14-10-12-6-3-4-7-13(12)11-14/h3-4,6-7,14,16H,1-2,5,8-11H2,(H,17,18). The summed E-state index contributed by atoms with van der Waals surface area (Å²) in [7, 11) is 0. The Bertz CT molecular complexity index is 378. The molecule has 0 radical (unpaired) electrons. The third kappa shape index (κ3) is 3.84. The number of benzene rings is 1. The van der Waals surface area contributed by atoms with Crippen molar-refractivity contribution in [3.05, 3.63) is 35.4 Å². The van der Waals surface area contributed by atoms with Gasteiger partial charge in [0.15, 0.2) is 0 Å². The summed E-state index contributed by atoms with van der Waals surface area (Å²) >= 11 is 0. The summed E-state index contributed by atoms with van der Waals surface area (Å²) in [5.41, 5.74) is 2.95. The van der Waals surface area contributed by atoms with Gasteiger partial charge in [0.25, 0.3) is 0 Å². The van der Waals surface area contributed by atoms with Crippen LogP contribution in [0.25, 0.3) is 0 Å². The van der Waals surface area contributed by atoms with Crippen molar-refractivity contribution in [1.82, 2.24) is 5.32 Å². The normalized spacial score (nSPS) is 14.7. The van der Waals surface area contributed by atoms with Gasteiger partial charge in [0, 0.05) is 12.5 Å². The second-order valence-electron chi connectivity index (χ2n) is 5.03. The van der Waals surface area contributed by atoms with E-state index in [1.54, 1.807) is 0 Å². The topological polar surface area (TPSA) is 49.3 Å². The van der Waals surface area contributed by atoms with Crippen LogP contribution in [0.2, 0.25) is 0 Å². The smallest absolute Gasteiger partial charge is 0.303 e. The maximum atomic E-state index is 10.4. The molecule has 0 saturated heterocycles. The molecular weight excluding hydrogens is 226 g/mol. The highest BCUT2D eigenvalue weighted by Gasteiger charge is 2.19. The maximum absolute atomic E-state index is 10.4. The van der Waals surface area contributed by atoms with Crippen molar-refractivity contribution in [1.29, 1.82) is 0 Å². The fourth-order valence-corrected chi connectivity index (χ4v) is 2.59. The fourth-order valence-electron chi connectivity index (χ4n) is 2.59. The van der Waals surface area contributed by atoms with E-state index in [-0.39, 0.29) is 0 Å². The van der Waals surface area contributed by atoms with E-state index in [2.05, 4.69) is 29.6 Å². The summed E-state index contributed by atoms with van der Waals surface area (Å²) in [5.74, 6) is -0.686. The van der Waals surface area contributed by atoms with Crippen LogP contribution in [0.15, 0.2) is 24.3 Å². The number of unbranched alkanes of at least 4 members (excludes halogenated alkanes) is 2. The molecule has 18 heavy (non-hydrogen) atoms. The van der Waals surface area contributed by atoms with Crippen molar-refractivity contribution < 1.29 is 9.90 Å². The molecule has 0 bridgehead atoms. The average Bonchev–Trinajstić information content (AvgIpc) is 2.75. The fraction of sp³-hybridized carbons (Fsp3) is 0.533. The number of hydrogen-bond donors (Lipinski definition) is 2. The van der Waals surface area contributed by atoms with Crippen LogP contribution < -0.4 is 5.32 Å². The molecule has 1 aromatic carbocycles. The first-order chi connectivity index (χ1) is 8.75. The second kappa shape index (κ2) is 6.55. The second-order valence-corrected chi connectivity index (χ2v) is 5.03. The molecule has 0 unspecified atom stereocenters. The van der Waals surface area contributed by atoms with Crippen LogP contribution in [0.3, 0.4) is 0 Å². The lowest BCUT2D eigenvalue weighted by molar-refractivity contribution is -0.137. The first-order valence-electron chi connectivity index (χ1n) is 6.77. The minimum absolute atomic E-state index is 0.300. The molecule has 0 fully saturated rings. The minimum Gasteiger partial charge on any atom is -0.481 e. The molecule has 0 spiro atoms. The number of rotatable bonds is 7. The van der Waals surface area contributed by atoms with Crippen LogP contribution in [-0.4, -0.2) is 23.7 Å². The number of carbonyl (C=O) groups is 1. The van der Waals surface area contributed by atoms with E-state index in [0.29, 0.717) is 12.5 Å². The number of hydrogen-bond acceptors (Lipinski definition) is 2. The van der Waals surface area contributed by atoms with E-state index in [4.69, 9.17) is 5.11 Å². The van der Waals surface area contributed by atoms with Gasteiger partial charge in [-0.3, -0.25) is 4.79 Å². The summed E-state index contributed by atoms with van der Waals surface area (Å²) in [4.78, 5) is 10.4. The molecule has 0 saturated carbocycles. The van der Waals surface area contributed by atoms with Crippen LogP contribution in [-0.2, 0) is 17.6 Å². The highest BCUT2D eigenvalue weighted by atomic mass is 16.4. The first-order valence-corrected chi connectivity index (χ1v) is 6.77. The Kier molecular flexibility index (Phi) is 4.76.